The molecule has 3 rings (SSSR count). The van der Waals surface area contributed by atoms with E-state index in [4.69, 9.17) is 5.73 Å². The molecule has 1 aromatic rings. The maximum absolute atomic E-state index is 13.2. The largest absolute Gasteiger partial charge is 0.354 e. The maximum Gasteiger partial charge on any atom is 0.240 e. The molecule has 0 radical (unpaired) electrons. The first-order chi connectivity index (χ1) is 10.0. The van der Waals surface area contributed by atoms with Gasteiger partial charge in [0.25, 0.3) is 0 Å². The van der Waals surface area contributed by atoms with Gasteiger partial charge in [0.2, 0.25) is 5.91 Å². The van der Waals surface area contributed by atoms with Crippen LogP contribution in [-0.2, 0) is 10.2 Å². The van der Waals surface area contributed by atoms with Gasteiger partial charge in [-0.15, -0.1) is 12.4 Å². The molecule has 0 aliphatic heterocycles. The van der Waals surface area contributed by atoms with Crippen LogP contribution in [0.1, 0.15) is 50.5 Å². The highest BCUT2D eigenvalue weighted by Gasteiger charge is 2.46. The Bertz CT molecular complexity index is 522. The molecule has 2 aliphatic carbocycles. The van der Waals surface area contributed by atoms with Crippen molar-refractivity contribution in [2.24, 2.45) is 5.73 Å². The van der Waals surface area contributed by atoms with Crippen molar-refractivity contribution in [1.82, 2.24) is 5.32 Å². The minimum Gasteiger partial charge on any atom is -0.354 e. The number of benzene rings is 1. The summed E-state index contributed by atoms with van der Waals surface area (Å²) in [5, 5.41) is 3.05. The minimum absolute atomic E-state index is 0. The lowest BCUT2D eigenvalue weighted by Crippen LogP contribution is -2.49. The molecule has 0 aromatic heterocycles. The summed E-state index contributed by atoms with van der Waals surface area (Å²) >= 11 is 0. The van der Waals surface area contributed by atoms with E-state index in [1.807, 2.05) is 12.1 Å². The summed E-state index contributed by atoms with van der Waals surface area (Å²) in [5.41, 5.74) is 6.39. The fourth-order valence-electron chi connectivity index (χ4n) is 3.39. The van der Waals surface area contributed by atoms with Gasteiger partial charge in [0.1, 0.15) is 5.82 Å². The van der Waals surface area contributed by atoms with Crippen LogP contribution in [0.15, 0.2) is 24.3 Å². The van der Waals surface area contributed by atoms with Crippen LogP contribution in [0.3, 0.4) is 0 Å². The predicted octanol–water partition coefficient (Wildman–Crippen LogP) is 3.06. The van der Waals surface area contributed by atoms with Crippen LogP contribution in [-0.4, -0.2) is 18.0 Å². The third-order valence-corrected chi connectivity index (χ3v) is 5.10. The van der Waals surface area contributed by atoms with Crippen LogP contribution in [0.2, 0.25) is 0 Å². The number of rotatable bonds is 4. The van der Waals surface area contributed by atoms with Crippen molar-refractivity contribution in [2.75, 3.05) is 6.54 Å². The average Bonchev–Trinajstić information content (AvgIpc) is 3.25. The van der Waals surface area contributed by atoms with Gasteiger partial charge in [-0.05, 0) is 43.4 Å². The molecular weight excluding hydrogens is 303 g/mol. The second kappa shape index (κ2) is 6.55. The van der Waals surface area contributed by atoms with Crippen LogP contribution in [0.4, 0.5) is 4.39 Å². The molecule has 2 aliphatic rings. The molecule has 3 N–H and O–H groups in total. The van der Waals surface area contributed by atoms with E-state index in [-0.39, 0.29) is 29.5 Å². The molecule has 0 unspecified atom stereocenters. The number of nitrogens with two attached hydrogens (primary N) is 1. The molecule has 122 valence electrons. The monoisotopic (exact) mass is 326 g/mol. The Kier molecular flexibility index (Phi) is 5.13. The highest BCUT2D eigenvalue weighted by Crippen LogP contribution is 2.39. The van der Waals surface area contributed by atoms with Crippen molar-refractivity contribution in [2.45, 2.75) is 55.9 Å². The standard InChI is InChI=1S/C17H23FN2O.ClH/c18-14-6-4-13(5-7-14)16(8-2-1-3-9-16)12-20-15(21)17(19)10-11-17;/h4-7H,1-3,8-12,19H2,(H,20,21);1H. The third kappa shape index (κ3) is 3.44. The van der Waals surface area contributed by atoms with Crippen molar-refractivity contribution in [3.63, 3.8) is 0 Å². The van der Waals surface area contributed by atoms with Gasteiger partial charge in [-0.2, -0.15) is 0 Å². The third-order valence-electron chi connectivity index (χ3n) is 5.10. The van der Waals surface area contributed by atoms with Gasteiger partial charge in [-0.3, -0.25) is 4.79 Å². The van der Waals surface area contributed by atoms with Crippen molar-refractivity contribution >= 4 is 18.3 Å². The van der Waals surface area contributed by atoms with Gasteiger partial charge in [0, 0.05) is 12.0 Å². The van der Waals surface area contributed by atoms with Crippen LogP contribution in [0.5, 0.6) is 0 Å². The summed E-state index contributed by atoms with van der Waals surface area (Å²) in [5.74, 6) is -0.248. The molecule has 1 aromatic carbocycles. The maximum atomic E-state index is 13.2. The van der Waals surface area contributed by atoms with Crippen molar-refractivity contribution in [3.05, 3.63) is 35.6 Å². The van der Waals surface area contributed by atoms with E-state index in [1.165, 1.54) is 18.6 Å². The van der Waals surface area contributed by atoms with Crippen LogP contribution >= 0.6 is 12.4 Å². The van der Waals surface area contributed by atoms with E-state index in [0.29, 0.717) is 6.54 Å². The number of hydrogen-bond acceptors (Lipinski definition) is 2. The molecule has 2 saturated carbocycles. The first-order valence-electron chi connectivity index (χ1n) is 7.87. The van der Waals surface area contributed by atoms with Crippen LogP contribution < -0.4 is 11.1 Å². The van der Waals surface area contributed by atoms with Gasteiger partial charge in [0.15, 0.2) is 0 Å². The van der Waals surface area contributed by atoms with Gasteiger partial charge in [0.05, 0.1) is 5.54 Å². The molecule has 0 bridgehead atoms. The topological polar surface area (TPSA) is 55.1 Å². The van der Waals surface area contributed by atoms with Crippen LogP contribution in [0.25, 0.3) is 0 Å². The van der Waals surface area contributed by atoms with Crippen LogP contribution in [0, 0.1) is 5.82 Å². The Morgan fingerprint density at radius 3 is 2.23 bits per heavy atom. The Morgan fingerprint density at radius 2 is 1.68 bits per heavy atom. The first kappa shape index (κ1) is 17.2. The minimum atomic E-state index is -0.626. The molecule has 0 spiro atoms. The number of amides is 1. The fraction of sp³-hybridized carbons (Fsp3) is 0.588. The lowest BCUT2D eigenvalue weighted by Gasteiger charge is -2.38. The second-order valence-corrected chi connectivity index (χ2v) is 6.69. The summed E-state index contributed by atoms with van der Waals surface area (Å²) in [6.45, 7) is 0.608. The lowest BCUT2D eigenvalue weighted by molar-refractivity contribution is -0.123. The number of hydrogen-bond donors (Lipinski definition) is 2. The quantitative estimate of drug-likeness (QED) is 0.893. The molecule has 1 amide bonds. The summed E-state index contributed by atoms with van der Waals surface area (Å²) in [6, 6.07) is 6.75. The Labute approximate surface area is 137 Å². The van der Waals surface area contributed by atoms with E-state index in [2.05, 4.69) is 5.32 Å². The van der Waals surface area contributed by atoms with Crippen molar-refractivity contribution in [1.29, 1.82) is 0 Å². The number of halogens is 2. The molecule has 3 nitrogen and oxygen atoms in total. The molecule has 0 heterocycles. The van der Waals surface area contributed by atoms with Gasteiger partial charge in [-0.25, -0.2) is 4.39 Å². The Morgan fingerprint density at radius 1 is 1.09 bits per heavy atom. The summed E-state index contributed by atoms with van der Waals surface area (Å²) < 4.78 is 13.2. The lowest BCUT2D eigenvalue weighted by atomic mass is 9.69. The average molecular weight is 327 g/mol. The first-order valence-corrected chi connectivity index (χ1v) is 7.87. The number of carbonyl (C=O) groups is 1. The molecular formula is C17H24ClFN2O. The summed E-state index contributed by atoms with van der Waals surface area (Å²) in [7, 11) is 0. The summed E-state index contributed by atoms with van der Waals surface area (Å²) in [4.78, 5) is 12.1. The van der Waals surface area contributed by atoms with E-state index < -0.39 is 5.54 Å². The number of carbonyl (C=O) groups excluding carboxylic acids is 1. The molecule has 2 fully saturated rings. The molecule has 0 saturated heterocycles. The fourth-order valence-corrected chi connectivity index (χ4v) is 3.39. The van der Waals surface area contributed by atoms with Gasteiger partial charge < -0.3 is 11.1 Å². The summed E-state index contributed by atoms with van der Waals surface area (Å²) in [6.07, 6.45) is 7.18. The van der Waals surface area contributed by atoms with Crippen molar-refractivity contribution in [3.8, 4) is 0 Å². The zero-order valence-corrected chi connectivity index (χ0v) is 13.6. The Balaban J connectivity index is 0.00000176. The van der Waals surface area contributed by atoms with E-state index in [9.17, 15) is 9.18 Å². The molecule has 5 heteroatoms. The normalized spacial score (nSPS) is 21.5. The Hall–Kier alpha value is -1.13. The number of nitrogens with one attached hydrogen (secondary N) is 1. The van der Waals surface area contributed by atoms with E-state index in [0.717, 1.165) is 44.1 Å². The van der Waals surface area contributed by atoms with Gasteiger partial charge >= 0.3 is 0 Å². The van der Waals surface area contributed by atoms with Gasteiger partial charge in [-0.1, -0.05) is 31.4 Å². The highest BCUT2D eigenvalue weighted by molar-refractivity contribution is 5.89. The SMILES string of the molecule is Cl.NC1(C(=O)NCC2(c3ccc(F)cc3)CCCCC2)CC1. The second-order valence-electron chi connectivity index (χ2n) is 6.69. The molecule has 22 heavy (non-hydrogen) atoms. The van der Waals surface area contributed by atoms with E-state index >= 15 is 0 Å². The zero-order chi connectivity index (χ0) is 14.9. The predicted molar refractivity (Wildman–Crippen MR) is 87.6 cm³/mol. The van der Waals surface area contributed by atoms with E-state index in [1.54, 1.807) is 0 Å². The highest BCUT2D eigenvalue weighted by atomic mass is 35.5. The smallest absolute Gasteiger partial charge is 0.240 e. The zero-order valence-electron chi connectivity index (χ0n) is 12.7. The van der Waals surface area contributed by atoms with Crippen molar-refractivity contribution < 1.29 is 9.18 Å². The molecule has 0 atom stereocenters.